The van der Waals surface area contributed by atoms with Crippen molar-refractivity contribution in [3.05, 3.63) is 22.5 Å². The summed E-state index contributed by atoms with van der Waals surface area (Å²) in [4.78, 5) is 15.1. The number of rotatable bonds is 4. The van der Waals surface area contributed by atoms with Gasteiger partial charge in [-0.25, -0.2) is 4.79 Å². The monoisotopic (exact) mass is 288 g/mol. The van der Waals surface area contributed by atoms with E-state index in [1.54, 1.807) is 0 Å². The van der Waals surface area contributed by atoms with E-state index in [-0.39, 0.29) is 23.9 Å². The van der Waals surface area contributed by atoms with E-state index in [4.69, 9.17) is 4.74 Å². The first kappa shape index (κ1) is 18.0. The fourth-order valence-electron chi connectivity index (χ4n) is 1.85. The van der Waals surface area contributed by atoms with Crippen LogP contribution in [0.2, 0.25) is 0 Å². The van der Waals surface area contributed by atoms with Crippen LogP contribution in [-0.4, -0.2) is 23.1 Å². The van der Waals surface area contributed by atoms with Crippen molar-refractivity contribution < 1.29 is 9.53 Å². The molecule has 1 aromatic rings. The van der Waals surface area contributed by atoms with Crippen LogP contribution in [0.25, 0.3) is 0 Å². The molecule has 0 aliphatic heterocycles. The highest BCUT2D eigenvalue weighted by Crippen LogP contribution is 2.19. The zero-order chi connectivity index (χ0) is 13.9. The number of aryl methyl sites for hydroxylation is 1. The van der Waals surface area contributed by atoms with Crippen LogP contribution in [-0.2, 0) is 11.3 Å². The normalized spacial score (nSPS) is 11.1. The quantitative estimate of drug-likeness (QED) is 0.837. The topological polar surface area (TPSA) is 54.1 Å². The van der Waals surface area contributed by atoms with E-state index >= 15 is 0 Å². The summed E-state index contributed by atoms with van der Waals surface area (Å²) < 4.78 is 5.07. The summed E-state index contributed by atoms with van der Waals surface area (Å²) in [5.74, 6) is -0.245. The van der Waals surface area contributed by atoms with Gasteiger partial charge in [0.15, 0.2) is 0 Å². The Labute approximate surface area is 121 Å². The Bertz CT molecular complexity index is 433. The van der Waals surface area contributed by atoms with Crippen LogP contribution < -0.4 is 5.32 Å². The number of carbonyl (C=O) groups is 1. The molecule has 110 valence electrons. The van der Waals surface area contributed by atoms with Gasteiger partial charge in [-0.3, -0.25) is 0 Å². The standard InChI is InChI=1S/C14H24N2O2.ClH/c1-7-18-13(17)12-9(2)11(16-10(12)3)8-15-14(4,5)6;/h15-16H,7-8H2,1-6H3;1H. The van der Waals surface area contributed by atoms with Crippen LogP contribution in [0.5, 0.6) is 0 Å². The molecule has 0 radical (unpaired) electrons. The van der Waals surface area contributed by atoms with Crippen LogP contribution in [0.15, 0.2) is 0 Å². The number of aromatic nitrogens is 1. The minimum atomic E-state index is -0.245. The Hall–Kier alpha value is -1.00. The van der Waals surface area contributed by atoms with E-state index in [0.717, 1.165) is 23.5 Å². The summed E-state index contributed by atoms with van der Waals surface area (Å²) in [6, 6.07) is 0. The highest BCUT2D eigenvalue weighted by molar-refractivity contribution is 5.92. The van der Waals surface area contributed by atoms with Gasteiger partial charge in [0.2, 0.25) is 0 Å². The van der Waals surface area contributed by atoms with E-state index in [2.05, 4.69) is 31.1 Å². The Morgan fingerprint density at radius 3 is 2.37 bits per heavy atom. The van der Waals surface area contributed by atoms with Gasteiger partial charge in [0.25, 0.3) is 0 Å². The highest BCUT2D eigenvalue weighted by atomic mass is 35.5. The summed E-state index contributed by atoms with van der Waals surface area (Å²) in [7, 11) is 0. The van der Waals surface area contributed by atoms with Crippen molar-refractivity contribution in [1.82, 2.24) is 10.3 Å². The zero-order valence-corrected chi connectivity index (χ0v) is 13.5. The summed E-state index contributed by atoms with van der Waals surface area (Å²) >= 11 is 0. The molecule has 1 heterocycles. The Kier molecular flexibility index (Phi) is 6.60. The van der Waals surface area contributed by atoms with Gasteiger partial charge in [0, 0.05) is 23.5 Å². The van der Waals surface area contributed by atoms with Crippen molar-refractivity contribution in [2.45, 2.75) is 53.6 Å². The third-order valence-electron chi connectivity index (χ3n) is 2.82. The molecule has 0 saturated carbocycles. The second kappa shape index (κ2) is 6.96. The third-order valence-corrected chi connectivity index (χ3v) is 2.82. The maximum Gasteiger partial charge on any atom is 0.340 e. The number of nitrogens with one attached hydrogen (secondary N) is 2. The van der Waals surface area contributed by atoms with Crippen molar-refractivity contribution in [2.75, 3.05) is 6.61 Å². The molecule has 1 aromatic heterocycles. The molecule has 0 bridgehead atoms. The molecule has 0 atom stereocenters. The smallest absolute Gasteiger partial charge is 0.340 e. The lowest BCUT2D eigenvalue weighted by atomic mass is 10.1. The molecule has 0 amide bonds. The van der Waals surface area contributed by atoms with E-state index in [1.165, 1.54) is 0 Å². The molecule has 4 nitrogen and oxygen atoms in total. The number of aromatic amines is 1. The average Bonchev–Trinajstić information content (AvgIpc) is 2.50. The summed E-state index contributed by atoms with van der Waals surface area (Å²) in [6.45, 7) is 13.1. The van der Waals surface area contributed by atoms with Crippen LogP contribution >= 0.6 is 12.4 Å². The molecular formula is C14H25ClN2O2. The fraction of sp³-hybridized carbons (Fsp3) is 0.643. The third kappa shape index (κ3) is 4.88. The lowest BCUT2D eigenvalue weighted by Crippen LogP contribution is -2.35. The van der Waals surface area contributed by atoms with Crippen molar-refractivity contribution in [3.63, 3.8) is 0 Å². The van der Waals surface area contributed by atoms with Crippen LogP contribution in [0.3, 0.4) is 0 Å². The number of hydrogen-bond donors (Lipinski definition) is 2. The minimum absolute atomic E-state index is 0. The molecule has 0 aliphatic rings. The second-order valence-corrected chi connectivity index (χ2v) is 5.55. The predicted octanol–water partition coefficient (Wildman–Crippen LogP) is 3.12. The summed E-state index contributed by atoms with van der Waals surface area (Å²) in [5.41, 5.74) is 3.61. The van der Waals surface area contributed by atoms with Crippen LogP contribution in [0, 0.1) is 13.8 Å². The first-order valence-corrected chi connectivity index (χ1v) is 6.36. The van der Waals surface area contributed by atoms with Crippen LogP contribution in [0.4, 0.5) is 0 Å². The molecule has 0 aliphatic carbocycles. The molecule has 0 unspecified atom stereocenters. The van der Waals surface area contributed by atoms with Crippen molar-refractivity contribution in [1.29, 1.82) is 0 Å². The molecular weight excluding hydrogens is 264 g/mol. The van der Waals surface area contributed by atoms with E-state index in [1.807, 2.05) is 20.8 Å². The molecule has 0 fully saturated rings. The molecule has 0 spiro atoms. The fourth-order valence-corrected chi connectivity index (χ4v) is 1.85. The summed E-state index contributed by atoms with van der Waals surface area (Å²) in [6.07, 6.45) is 0. The Morgan fingerprint density at radius 2 is 1.89 bits per heavy atom. The molecule has 2 N–H and O–H groups in total. The molecule has 0 saturated heterocycles. The number of carbonyl (C=O) groups excluding carboxylic acids is 1. The van der Waals surface area contributed by atoms with E-state index in [9.17, 15) is 4.79 Å². The number of H-pyrrole nitrogens is 1. The zero-order valence-electron chi connectivity index (χ0n) is 12.6. The SMILES string of the molecule is CCOC(=O)c1c(C)[nH]c(CNC(C)(C)C)c1C.Cl. The van der Waals surface area contributed by atoms with Gasteiger partial charge in [0.05, 0.1) is 12.2 Å². The highest BCUT2D eigenvalue weighted by Gasteiger charge is 2.19. The Balaban J connectivity index is 0.00000324. The van der Waals surface area contributed by atoms with Gasteiger partial charge >= 0.3 is 5.97 Å². The number of ether oxygens (including phenoxy) is 1. The Morgan fingerprint density at radius 1 is 1.32 bits per heavy atom. The second-order valence-electron chi connectivity index (χ2n) is 5.55. The molecule has 0 aromatic carbocycles. The predicted molar refractivity (Wildman–Crippen MR) is 80.1 cm³/mol. The van der Waals surface area contributed by atoms with Gasteiger partial charge in [-0.15, -0.1) is 12.4 Å². The van der Waals surface area contributed by atoms with Gasteiger partial charge in [-0.05, 0) is 47.1 Å². The number of hydrogen-bond acceptors (Lipinski definition) is 3. The maximum absolute atomic E-state index is 11.8. The largest absolute Gasteiger partial charge is 0.462 e. The number of halogens is 1. The van der Waals surface area contributed by atoms with Gasteiger partial charge in [-0.1, -0.05) is 0 Å². The first-order chi connectivity index (χ1) is 8.26. The van der Waals surface area contributed by atoms with Crippen molar-refractivity contribution in [3.8, 4) is 0 Å². The lowest BCUT2D eigenvalue weighted by molar-refractivity contribution is 0.0525. The van der Waals surface area contributed by atoms with Crippen molar-refractivity contribution in [2.24, 2.45) is 0 Å². The van der Waals surface area contributed by atoms with E-state index in [0.29, 0.717) is 12.2 Å². The number of esters is 1. The summed E-state index contributed by atoms with van der Waals surface area (Å²) in [5, 5.41) is 3.41. The van der Waals surface area contributed by atoms with E-state index < -0.39 is 0 Å². The first-order valence-electron chi connectivity index (χ1n) is 6.36. The van der Waals surface area contributed by atoms with Crippen LogP contribution in [0.1, 0.15) is 55.0 Å². The average molecular weight is 289 g/mol. The lowest BCUT2D eigenvalue weighted by Gasteiger charge is -2.20. The van der Waals surface area contributed by atoms with Gasteiger partial charge in [0.1, 0.15) is 0 Å². The molecule has 19 heavy (non-hydrogen) atoms. The van der Waals surface area contributed by atoms with Gasteiger partial charge < -0.3 is 15.0 Å². The maximum atomic E-state index is 11.8. The van der Waals surface area contributed by atoms with Gasteiger partial charge in [-0.2, -0.15) is 0 Å². The van der Waals surface area contributed by atoms with Crippen molar-refractivity contribution >= 4 is 18.4 Å². The molecule has 1 rings (SSSR count). The molecule has 5 heteroatoms. The minimum Gasteiger partial charge on any atom is -0.462 e.